The van der Waals surface area contributed by atoms with Gasteiger partial charge in [-0.3, -0.25) is 4.90 Å². The highest BCUT2D eigenvalue weighted by molar-refractivity contribution is 5.46. The Labute approximate surface area is 139 Å². The van der Waals surface area contributed by atoms with Gasteiger partial charge in [-0.15, -0.1) is 0 Å². The van der Waals surface area contributed by atoms with Crippen LogP contribution in [0.15, 0.2) is 54.6 Å². The SMILES string of the molecule is CC(CCc1ccc(O)cc1)N1CCN(c2ccccc2)CC1. The van der Waals surface area contributed by atoms with Crippen molar-refractivity contribution < 1.29 is 5.11 Å². The number of para-hydroxylation sites is 1. The molecular weight excluding hydrogens is 284 g/mol. The van der Waals surface area contributed by atoms with Gasteiger partial charge in [-0.2, -0.15) is 0 Å². The Bertz CT molecular complexity index is 589. The molecule has 1 unspecified atom stereocenters. The van der Waals surface area contributed by atoms with Gasteiger partial charge >= 0.3 is 0 Å². The maximum atomic E-state index is 9.34. The molecule has 1 aliphatic heterocycles. The van der Waals surface area contributed by atoms with Crippen LogP contribution in [0, 0.1) is 0 Å². The van der Waals surface area contributed by atoms with Gasteiger partial charge in [0.15, 0.2) is 0 Å². The van der Waals surface area contributed by atoms with Crippen LogP contribution in [0.4, 0.5) is 5.69 Å². The lowest BCUT2D eigenvalue weighted by atomic mass is 10.0. The van der Waals surface area contributed by atoms with Crippen molar-refractivity contribution in [2.45, 2.75) is 25.8 Å². The van der Waals surface area contributed by atoms with E-state index in [-0.39, 0.29) is 0 Å². The van der Waals surface area contributed by atoms with E-state index in [1.165, 1.54) is 11.3 Å². The van der Waals surface area contributed by atoms with Gasteiger partial charge in [0.25, 0.3) is 0 Å². The van der Waals surface area contributed by atoms with Crippen molar-refractivity contribution in [2.24, 2.45) is 0 Å². The number of hydrogen-bond acceptors (Lipinski definition) is 3. The van der Waals surface area contributed by atoms with Gasteiger partial charge in [0.2, 0.25) is 0 Å². The van der Waals surface area contributed by atoms with Crippen LogP contribution in [0.1, 0.15) is 18.9 Å². The third kappa shape index (κ3) is 4.26. The fraction of sp³-hybridized carbons (Fsp3) is 0.400. The lowest BCUT2D eigenvalue weighted by molar-refractivity contribution is 0.189. The van der Waals surface area contributed by atoms with Gasteiger partial charge in [-0.25, -0.2) is 0 Å². The molecular formula is C20H26N2O. The third-order valence-corrected chi connectivity index (χ3v) is 4.85. The predicted molar refractivity (Wildman–Crippen MR) is 96.1 cm³/mol. The van der Waals surface area contributed by atoms with Crippen LogP contribution in [0.3, 0.4) is 0 Å². The standard InChI is InChI=1S/C20H26N2O/c1-17(7-8-18-9-11-20(23)12-10-18)21-13-15-22(16-14-21)19-5-3-2-4-6-19/h2-6,9-12,17,23H,7-8,13-16H2,1H3. The summed E-state index contributed by atoms with van der Waals surface area (Å²) >= 11 is 0. The molecule has 3 nitrogen and oxygen atoms in total. The van der Waals surface area contributed by atoms with Crippen molar-refractivity contribution in [1.29, 1.82) is 0 Å². The third-order valence-electron chi connectivity index (χ3n) is 4.85. The topological polar surface area (TPSA) is 26.7 Å². The van der Waals surface area contributed by atoms with Crippen molar-refractivity contribution in [3.63, 3.8) is 0 Å². The van der Waals surface area contributed by atoms with Crippen LogP contribution in [-0.4, -0.2) is 42.2 Å². The van der Waals surface area contributed by atoms with Crippen LogP contribution < -0.4 is 4.90 Å². The quantitative estimate of drug-likeness (QED) is 0.915. The minimum absolute atomic E-state index is 0.346. The molecule has 1 fully saturated rings. The van der Waals surface area contributed by atoms with Crippen molar-refractivity contribution in [3.05, 3.63) is 60.2 Å². The number of nitrogens with zero attached hydrogens (tertiary/aromatic N) is 2. The van der Waals surface area contributed by atoms with Crippen LogP contribution in [-0.2, 0) is 6.42 Å². The number of rotatable bonds is 5. The Kier molecular flexibility index (Phi) is 5.19. The van der Waals surface area contributed by atoms with Gasteiger partial charge in [-0.05, 0) is 49.6 Å². The molecule has 0 radical (unpaired) electrons. The smallest absolute Gasteiger partial charge is 0.115 e. The fourth-order valence-electron chi connectivity index (χ4n) is 3.28. The zero-order valence-electron chi connectivity index (χ0n) is 13.9. The van der Waals surface area contributed by atoms with Crippen LogP contribution in [0.2, 0.25) is 0 Å². The second-order valence-corrected chi connectivity index (χ2v) is 6.41. The lowest BCUT2D eigenvalue weighted by Gasteiger charge is -2.39. The first-order valence-electron chi connectivity index (χ1n) is 8.54. The van der Waals surface area contributed by atoms with E-state index >= 15 is 0 Å². The Morgan fingerprint density at radius 1 is 0.913 bits per heavy atom. The summed E-state index contributed by atoms with van der Waals surface area (Å²) < 4.78 is 0. The zero-order valence-corrected chi connectivity index (χ0v) is 13.9. The number of benzene rings is 2. The zero-order chi connectivity index (χ0) is 16.1. The molecule has 1 heterocycles. The number of aryl methyl sites for hydroxylation is 1. The van der Waals surface area contributed by atoms with Gasteiger partial charge in [0.05, 0.1) is 0 Å². The van der Waals surface area contributed by atoms with E-state index in [1.807, 2.05) is 12.1 Å². The summed E-state index contributed by atoms with van der Waals surface area (Å²) in [7, 11) is 0. The second-order valence-electron chi connectivity index (χ2n) is 6.41. The monoisotopic (exact) mass is 310 g/mol. The van der Waals surface area contributed by atoms with Gasteiger partial charge in [0, 0.05) is 37.9 Å². The number of anilines is 1. The summed E-state index contributed by atoms with van der Waals surface area (Å²) in [6, 6.07) is 18.9. The summed E-state index contributed by atoms with van der Waals surface area (Å²) in [4.78, 5) is 5.07. The molecule has 1 atom stereocenters. The maximum Gasteiger partial charge on any atom is 0.115 e. The van der Waals surface area contributed by atoms with E-state index in [9.17, 15) is 5.11 Å². The molecule has 1 saturated heterocycles. The summed E-state index contributed by atoms with van der Waals surface area (Å²) in [6.45, 7) is 6.80. The first-order valence-corrected chi connectivity index (χ1v) is 8.54. The average molecular weight is 310 g/mol. The van der Waals surface area contributed by atoms with Crippen LogP contribution >= 0.6 is 0 Å². The van der Waals surface area contributed by atoms with Crippen molar-refractivity contribution in [2.75, 3.05) is 31.1 Å². The molecule has 0 aromatic heterocycles. The molecule has 23 heavy (non-hydrogen) atoms. The van der Waals surface area contributed by atoms with Crippen molar-refractivity contribution in [1.82, 2.24) is 4.90 Å². The van der Waals surface area contributed by atoms with Crippen molar-refractivity contribution >= 4 is 5.69 Å². The van der Waals surface area contributed by atoms with E-state index in [0.717, 1.165) is 39.0 Å². The van der Waals surface area contributed by atoms with E-state index in [2.05, 4.69) is 47.1 Å². The molecule has 122 valence electrons. The molecule has 0 aliphatic carbocycles. The Balaban J connectivity index is 1.46. The number of hydrogen-bond donors (Lipinski definition) is 1. The average Bonchev–Trinajstić information content (AvgIpc) is 2.62. The van der Waals surface area contributed by atoms with Gasteiger partial charge in [-0.1, -0.05) is 30.3 Å². The Hall–Kier alpha value is -2.00. The largest absolute Gasteiger partial charge is 0.508 e. The van der Waals surface area contributed by atoms with E-state index in [0.29, 0.717) is 11.8 Å². The summed E-state index contributed by atoms with van der Waals surface area (Å²) in [5.41, 5.74) is 2.64. The lowest BCUT2D eigenvalue weighted by Crippen LogP contribution is -2.49. The normalized spacial score (nSPS) is 17.2. The summed E-state index contributed by atoms with van der Waals surface area (Å²) in [5.74, 6) is 0.346. The van der Waals surface area contributed by atoms with E-state index in [4.69, 9.17) is 0 Å². The molecule has 1 N–H and O–H groups in total. The summed E-state index contributed by atoms with van der Waals surface area (Å²) in [6.07, 6.45) is 2.23. The molecule has 0 bridgehead atoms. The maximum absolute atomic E-state index is 9.34. The van der Waals surface area contributed by atoms with Gasteiger partial charge < -0.3 is 10.0 Å². The predicted octanol–water partition coefficient (Wildman–Crippen LogP) is 3.54. The number of piperazine rings is 1. The molecule has 2 aromatic rings. The highest BCUT2D eigenvalue weighted by Crippen LogP contribution is 2.18. The van der Waals surface area contributed by atoms with E-state index < -0.39 is 0 Å². The first-order chi connectivity index (χ1) is 11.2. The van der Waals surface area contributed by atoms with Crippen LogP contribution in [0.25, 0.3) is 0 Å². The number of aromatic hydroxyl groups is 1. The number of phenolic OH excluding ortho intramolecular Hbond substituents is 1. The molecule has 0 amide bonds. The van der Waals surface area contributed by atoms with E-state index in [1.54, 1.807) is 12.1 Å². The molecule has 3 heteroatoms. The Morgan fingerprint density at radius 3 is 2.22 bits per heavy atom. The van der Waals surface area contributed by atoms with Crippen molar-refractivity contribution in [3.8, 4) is 5.75 Å². The van der Waals surface area contributed by atoms with Gasteiger partial charge in [0.1, 0.15) is 5.75 Å². The highest BCUT2D eigenvalue weighted by Gasteiger charge is 2.20. The highest BCUT2D eigenvalue weighted by atomic mass is 16.3. The first kappa shape index (κ1) is 15.9. The molecule has 3 rings (SSSR count). The van der Waals surface area contributed by atoms with Crippen LogP contribution in [0.5, 0.6) is 5.75 Å². The molecule has 2 aromatic carbocycles. The minimum atomic E-state index is 0.346. The summed E-state index contributed by atoms with van der Waals surface area (Å²) in [5, 5.41) is 9.34. The number of phenols is 1. The molecule has 0 saturated carbocycles. The fourth-order valence-corrected chi connectivity index (χ4v) is 3.28. The molecule has 1 aliphatic rings. The second kappa shape index (κ2) is 7.51. The molecule has 0 spiro atoms. The Morgan fingerprint density at radius 2 is 1.57 bits per heavy atom. The minimum Gasteiger partial charge on any atom is -0.508 e.